The molecule has 7 heteroatoms. The maximum Gasteiger partial charge on any atom is 0.243 e. The van der Waals surface area contributed by atoms with Crippen molar-refractivity contribution in [1.82, 2.24) is 4.31 Å². The molecule has 0 aromatic heterocycles. The van der Waals surface area contributed by atoms with E-state index in [1.54, 1.807) is 0 Å². The van der Waals surface area contributed by atoms with E-state index in [1.807, 2.05) is 0 Å². The molecule has 0 radical (unpaired) electrons. The van der Waals surface area contributed by atoms with Gasteiger partial charge in [0.15, 0.2) is 0 Å². The SMILES string of the molecule is O=C([O-])C1CCCCN1S(=O)(=O)c1ccc(F)cc1. The van der Waals surface area contributed by atoms with Gasteiger partial charge in [-0.25, -0.2) is 12.8 Å². The van der Waals surface area contributed by atoms with Gasteiger partial charge in [-0.05, 0) is 37.1 Å². The Hall–Kier alpha value is -1.47. The number of aliphatic carboxylic acids is 1. The molecular weight excluding hydrogens is 273 g/mol. The Labute approximate surface area is 110 Å². The Morgan fingerprint density at radius 3 is 2.47 bits per heavy atom. The molecule has 0 aliphatic carbocycles. The van der Waals surface area contributed by atoms with Gasteiger partial charge >= 0.3 is 0 Å². The number of carbonyl (C=O) groups is 1. The molecule has 1 unspecified atom stereocenters. The fourth-order valence-electron chi connectivity index (χ4n) is 2.17. The highest BCUT2D eigenvalue weighted by Gasteiger charge is 2.34. The van der Waals surface area contributed by atoms with Gasteiger partial charge in [-0.15, -0.1) is 0 Å². The molecule has 104 valence electrons. The Balaban J connectivity index is 2.37. The van der Waals surface area contributed by atoms with Crippen LogP contribution >= 0.6 is 0 Å². The lowest BCUT2D eigenvalue weighted by Crippen LogP contribution is -2.52. The lowest BCUT2D eigenvalue weighted by molar-refractivity contribution is -0.311. The van der Waals surface area contributed by atoms with E-state index in [4.69, 9.17) is 0 Å². The van der Waals surface area contributed by atoms with E-state index in [2.05, 4.69) is 0 Å². The maximum atomic E-state index is 12.8. The van der Waals surface area contributed by atoms with Crippen molar-refractivity contribution in [2.24, 2.45) is 0 Å². The Morgan fingerprint density at radius 1 is 1.26 bits per heavy atom. The van der Waals surface area contributed by atoms with E-state index in [9.17, 15) is 22.7 Å². The number of piperidine rings is 1. The van der Waals surface area contributed by atoms with Crippen LogP contribution in [0.3, 0.4) is 0 Å². The minimum absolute atomic E-state index is 0.109. The van der Waals surface area contributed by atoms with Crippen LogP contribution in [0.2, 0.25) is 0 Å². The summed E-state index contributed by atoms with van der Waals surface area (Å²) < 4.78 is 38.4. The van der Waals surface area contributed by atoms with E-state index in [1.165, 1.54) is 0 Å². The second-order valence-corrected chi connectivity index (χ2v) is 6.29. The number of nitrogens with zero attached hydrogens (tertiary/aromatic N) is 1. The smallest absolute Gasteiger partial charge is 0.243 e. The van der Waals surface area contributed by atoms with E-state index >= 15 is 0 Å². The summed E-state index contributed by atoms with van der Waals surface area (Å²) in [4.78, 5) is 10.9. The first-order valence-corrected chi connectivity index (χ1v) is 7.35. The molecule has 1 aromatic carbocycles. The van der Waals surface area contributed by atoms with Crippen molar-refractivity contribution in [2.75, 3.05) is 6.54 Å². The van der Waals surface area contributed by atoms with Crippen LogP contribution in [-0.2, 0) is 14.8 Å². The highest BCUT2D eigenvalue weighted by molar-refractivity contribution is 7.89. The topological polar surface area (TPSA) is 77.5 Å². The Morgan fingerprint density at radius 2 is 1.89 bits per heavy atom. The van der Waals surface area contributed by atoms with Gasteiger partial charge in [0.05, 0.1) is 16.9 Å². The molecule has 0 bridgehead atoms. The van der Waals surface area contributed by atoms with Crippen molar-refractivity contribution in [1.29, 1.82) is 0 Å². The van der Waals surface area contributed by atoms with Crippen LogP contribution in [0.1, 0.15) is 19.3 Å². The van der Waals surface area contributed by atoms with Crippen molar-refractivity contribution < 1.29 is 22.7 Å². The van der Waals surface area contributed by atoms with Gasteiger partial charge < -0.3 is 9.90 Å². The number of halogens is 1. The van der Waals surface area contributed by atoms with Crippen molar-refractivity contribution in [3.63, 3.8) is 0 Å². The summed E-state index contributed by atoms with van der Waals surface area (Å²) in [7, 11) is -3.93. The quantitative estimate of drug-likeness (QED) is 0.790. The second-order valence-electron chi connectivity index (χ2n) is 4.40. The lowest BCUT2D eigenvalue weighted by atomic mass is 10.1. The molecule has 1 aromatic rings. The van der Waals surface area contributed by atoms with E-state index in [-0.39, 0.29) is 17.9 Å². The summed E-state index contributed by atoms with van der Waals surface area (Å²) in [6.07, 6.45) is 1.49. The fourth-order valence-corrected chi connectivity index (χ4v) is 3.82. The molecule has 2 rings (SSSR count). The van der Waals surface area contributed by atoms with Gasteiger partial charge in [-0.1, -0.05) is 6.42 Å². The van der Waals surface area contributed by atoms with Gasteiger partial charge in [0.25, 0.3) is 0 Å². The van der Waals surface area contributed by atoms with Crippen LogP contribution in [0.15, 0.2) is 29.2 Å². The number of rotatable bonds is 3. The second kappa shape index (κ2) is 5.26. The maximum absolute atomic E-state index is 12.8. The van der Waals surface area contributed by atoms with Crippen molar-refractivity contribution in [3.05, 3.63) is 30.1 Å². The zero-order valence-electron chi connectivity index (χ0n) is 10.1. The van der Waals surface area contributed by atoms with Crippen LogP contribution in [0.5, 0.6) is 0 Å². The summed E-state index contributed by atoms with van der Waals surface area (Å²) in [5, 5.41) is 11.0. The first-order chi connectivity index (χ1) is 8.93. The molecule has 1 aliphatic rings. The standard InChI is InChI=1S/C12H14FNO4S/c13-9-4-6-10(7-5-9)19(17,18)14-8-2-1-3-11(14)12(15)16/h4-7,11H,1-3,8H2,(H,15,16)/p-1. The van der Waals surface area contributed by atoms with Crippen molar-refractivity contribution in [2.45, 2.75) is 30.2 Å². The van der Waals surface area contributed by atoms with Crippen molar-refractivity contribution in [3.8, 4) is 0 Å². The first kappa shape index (κ1) is 14.0. The minimum atomic E-state index is -3.93. The molecule has 0 N–H and O–H groups in total. The molecule has 19 heavy (non-hydrogen) atoms. The average Bonchev–Trinajstić information content (AvgIpc) is 2.39. The first-order valence-electron chi connectivity index (χ1n) is 5.91. The zero-order valence-corrected chi connectivity index (χ0v) is 10.9. The number of hydrogen-bond acceptors (Lipinski definition) is 4. The van der Waals surface area contributed by atoms with Crippen LogP contribution in [0.4, 0.5) is 4.39 Å². The monoisotopic (exact) mass is 286 g/mol. The zero-order chi connectivity index (χ0) is 14.0. The van der Waals surface area contributed by atoms with Gasteiger partial charge in [-0.2, -0.15) is 4.31 Å². The van der Waals surface area contributed by atoms with Crippen LogP contribution in [0, 0.1) is 5.82 Å². The molecule has 0 amide bonds. The summed E-state index contributed by atoms with van der Waals surface area (Å²) in [5.74, 6) is -1.94. The molecular formula is C12H13FNO4S-. The molecule has 0 saturated carbocycles. The number of benzene rings is 1. The Bertz CT molecular complexity index is 570. The lowest BCUT2D eigenvalue weighted by Gasteiger charge is -2.35. The molecule has 5 nitrogen and oxygen atoms in total. The predicted octanol–water partition coefficient (Wildman–Crippen LogP) is 0.119. The van der Waals surface area contributed by atoms with Gasteiger partial charge in [0.1, 0.15) is 5.82 Å². The highest BCUT2D eigenvalue weighted by Crippen LogP contribution is 2.25. The molecule has 1 aliphatic heterocycles. The van der Waals surface area contributed by atoms with Crippen LogP contribution < -0.4 is 5.11 Å². The summed E-state index contributed by atoms with van der Waals surface area (Å²) in [6.45, 7) is 0.137. The highest BCUT2D eigenvalue weighted by atomic mass is 32.2. The third-order valence-corrected chi connectivity index (χ3v) is 5.07. The summed E-state index contributed by atoms with van der Waals surface area (Å²) >= 11 is 0. The van der Waals surface area contributed by atoms with Gasteiger partial charge in [0, 0.05) is 6.54 Å². The number of carboxylic acids is 1. The van der Waals surface area contributed by atoms with Gasteiger partial charge in [-0.3, -0.25) is 0 Å². The number of carboxylic acid groups (broad SMARTS) is 1. The molecule has 1 atom stereocenters. The van der Waals surface area contributed by atoms with E-state index < -0.39 is 27.9 Å². The third kappa shape index (κ3) is 2.76. The average molecular weight is 286 g/mol. The minimum Gasteiger partial charge on any atom is -0.548 e. The van der Waals surface area contributed by atoms with Gasteiger partial charge in [0.2, 0.25) is 10.0 Å². The van der Waals surface area contributed by atoms with Crippen LogP contribution in [0.25, 0.3) is 0 Å². The van der Waals surface area contributed by atoms with E-state index in [0.717, 1.165) is 28.6 Å². The summed E-state index contributed by atoms with van der Waals surface area (Å²) in [5.41, 5.74) is 0. The number of carbonyl (C=O) groups excluding carboxylic acids is 1. The molecule has 0 spiro atoms. The normalized spacial score (nSPS) is 21.2. The molecule has 1 heterocycles. The predicted molar refractivity (Wildman–Crippen MR) is 62.9 cm³/mol. The van der Waals surface area contributed by atoms with Crippen LogP contribution in [-0.4, -0.2) is 31.3 Å². The van der Waals surface area contributed by atoms with E-state index in [0.29, 0.717) is 12.8 Å². The fraction of sp³-hybridized carbons (Fsp3) is 0.417. The summed E-state index contributed by atoms with van der Waals surface area (Å²) in [6, 6.07) is 3.18. The number of sulfonamides is 1. The Kier molecular flexibility index (Phi) is 3.86. The largest absolute Gasteiger partial charge is 0.548 e. The van der Waals surface area contributed by atoms with Crippen molar-refractivity contribution >= 4 is 16.0 Å². The number of hydrogen-bond donors (Lipinski definition) is 0. The third-order valence-electron chi connectivity index (χ3n) is 3.15. The molecule has 1 saturated heterocycles. The molecule has 1 fully saturated rings.